The van der Waals surface area contributed by atoms with E-state index >= 15 is 0 Å². The van der Waals surface area contributed by atoms with Gasteiger partial charge >= 0.3 is 0 Å². The summed E-state index contributed by atoms with van der Waals surface area (Å²) in [6, 6.07) is 6.45. The van der Waals surface area contributed by atoms with Crippen LogP contribution in [0.3, 0.4) is 0 Å². The van der Waals surface area contributed by atoms with Gasteiger partial charge in [-0.1, -0.05) is 35.3 Å². The Labute approximate surface area is 107 Å². The minimum atomic E-state index is -0.376. The van der Waals surface area contributed by atoms with E-state index in [9.17, 15) is 9.59 Å². The van der Waals surface area contributed by atoms with Crippen LogP contribution < -0.4 is 5.56 Å². The maximum absolute atomic E-state index is 11.7. The maximum Gasteiger partial charge on any atom is 0.256 e. The van der Waals surface area contributed by atoms with Crippen molar-refractivity contribution in [2.24, 2.45) is 0 Å². The van der Waals surface area contributed by atoms with E-state index < -0.39 is 0 Å². The summed E-state index contributed by atoms with van der Waals surface area (Å²) < 4.78 is 0. The molecule has 1 heterocycles. The first kappa shape index (κ1) is 11.9. The Hall–Kier alpha value is -1.58. The number of carbonyl (C=O) groups excluding carboxylic acids is 1. The van der Waals surface area contributed by atoms with Gasteiger partial charge in [0.2, 0.25) is 0 Å². The first-order valence-electron chi connectivity index (χ1n) is 4.76. The van der Waals surface area contributed by atoms with Gasteiger partial charge in [0, 0.05) is 17.3 Å². The number of aldehydes is 1. The van der Waals surface area contributed by atoms with Gasteiger partial charge in [0.05, 0.1) is 15.6 Å². The van der Waals surface area contributed by atoms with Crippen LogP contribution in [0.5, 0.6) is 0 Å². The lowest BCUT2D eigenvalue weighted by molar-refractivity contribution is 0.112. The number of H-pyrrole nitrogens is 1. The van der Waals surface area contributed by atoms with Gasteiger partial charge in [0.25, 0.3) is 5.56 Å². The number of rotatable bonds is 2. The molecule has 0 aliphatic heterocycles. The fourth-order valence-electron chi connectivity index (χ4n) is 1.57. The van der Waals surface area contributed by atoms with Crippen molar-refractivity contribution in [3.63, 3.8) is 0 Å². The van der Waals surface area contributed by atoms with E-state index in [1.165, 1.54) is 12.3 Å². The van der Waals surface area contributed by atoms with E-state index in [1.807, 2.05) is 0 Å². The van der Waals surface area contributed by atoms with Crippen LogP contribution in [0.4, 0.5) is 0 Å². The molecule has 2 rings (SSSR count). The van der Waals surface area contributed by atoms with E-state index in [1.54, 1.807) is 18.2 Å². The molecule has 3 nitrogen and oxygen atoms in total. The van der Waals surface area contributed by atoms with Crippen LogP contribution in [0, 0.1) is 0 Å². The Morgan fingerprint density at radius 1 is 1.18 bits per heavy atom. The lowest BCUT2D eigenvalue weighted by Crippen LogP contribution is -2.11. The molecule has 0 spiro atoms. The largest absolute Gasteiger partial charge is 0.329 e. The van der Waals surface area contributed by atoms with E-state index in [0.29, 0.717) is 16.9 Å². The highest BCUT2D eigenvalue weighted by atomic mass is 35.5. The molecular weight excluding hydrogens is 261 g/mol. The number of benzene rings is 1. The Balaban J connectivity index is 2.81. The highest BCUT2D eigenvalue weighted by Gasteiger charge is 2.13. The van der Waals surface area contributed by atoms with E-state index in [2.05, 4.69) is 4.98 Å². The van der Waals surface area contributed by atoms with Crippen molar-refractivity contribution in [3.8, 4) is 11.1 Å². The van der Waals surface area contributed by atoms with Crippen molar-refractivity contribution in [2.75, 3.05) is 0 Å². The second-order valence-corrected chi connectivity index (χ2v) is 4.14. The van der Waals surface area contributed by atoms with Gasteiger partial charge in [0.1, 0.15) is 0 Å². The summed E-state index contributed by atoms with van der Waals surface area (Å²) in [6.45, 7) is 0. The Morgan fingerprint density at radius 3 is 2.65 bits per heavy atom. The van der Waals surface area contributed by atoms with Gasteiger partial charge in [-0.25, -0.2) is 0 Å². The van der Waals surface area contributed by atoms with Crippen LogP contribution >= 0.6 is 23.2 Å². The summed E-state index contributed by atoms with van der Waals surface area (Å²) in [4.78, 5) is 25.2. The molecule has 2 aromatic rings. The molecule has 0 bridgehead atoms. The fraction of sp³-hybridized carbons (Fsp3) is 0. The van der Waals surface area contributed by atoms with Crippen molar-refractivity contribution in [1.29, 1.82) is 0 Å². The first-order chi connectivity index (χ1) is 8.15. The molecule has 5 heteroatoms. The molecule has 0 fully saturated rings. The van der Waals surface area contributed by atoms with Crippen LogP contribution in [0.25, 0.3) is 11.1 Å². The highest BCUT2D eigenvalue weighted by Crippen LogP contribution is 2.32. The van der Waals surface area contributed by atoms with Gasteiger partial charge in [-0.15, -0.1) is 0 Å². The number of halogens is 2. The summed E-state index contributed by atoms with van der Waals surface area (Å²) in [5.41, 5.74) is 0.579. The van der Waals surface area contributed by atoms with E-state index in [-0.39, 0.29) is 21.7 Å². The summed E-state index contributed by atoms with van der Waals surface area (Å²) in [7, 11) is 0. The van der Waals surface area contributed by atoms with E-state index in [4.69, 9.17) is 23.2 Å². The van der Waals surface area contributed by atoms with Gasteiger partial charge in [-0.3, -0.25) is 9.59 Å². The number of aromatic nitrogens is 1. The number of nitrogens with one attached hydrogen (secondary N) is 1. The molecule has 17 heavy (non-hydrogen) atoms. The molecule has 0 aliphatic rings. The highest BCUT2D eigenvalue weighted by molar-refractivity contribution is 6.43. The fourth-order valence-corrected chi connectivity index (χ4v) is 1.96. The summed E-state index contributed by atoms with van der Waals surface area (Å²) in [6.07, 6.45) is 2.02. The lowest BCUT2D eigenvalue weighted by atomic mass is 10.0. The lowest BCUT2D eigenvalue weighted by Gasteiger charge is -2.06. The number of hydrogen-bond acceptors (Lipinski definition) is 2. The zero-order valence-corrected chi connectivity index (χ0v) is 10.0. The monoisotopic (exact) mass is 267 g/mol. The molecule has 0 aliphatic carbocycles. The Kier molecular flexibility index (Phi) is 3.31. The predicted molar refractivity (Wildman–Crippen MR) is 67.9 cm³/mol. The first-order valence-corrected chi connectivity index (χ1v) is 5.52. The zero-order chi connectivity index (χ0) is 12.4. The molecule has 1 N–H and O–H groups in total. The topological polar surface area (TPSA) is 49.9 Å². The minimum Gasteiger partial charge on any atom is -0.329 e. The predicted octanol–water partition coefficient (Wildman–Crippen LogP) is 3.16. The Morgan fingerprint density at radius 2 is 1.94 bits per heavy atom. The average molecular weight is 268 g/mol. The second-order valence-electron chi connectivity index (χ2n) is 3.36. The van der Waals surface area contributed by atoms with Crippen molar-refractivity contribution in [1.82, 2.24) is 4.98 Å². The van der Waals surface area contributed by atoms with Crippen molar-refractivity contribution in [3.05, 3.63) is 56.4 Å². The molecule has 1 aromatic carbocycles. The third-order valence-electron chi connectivity index (χ3n) is 2.34. The van der Waals surface area contributed by atoms with Crippen LogP contribution in [0.1, 0.15) is 10.4 Å². The smallest absolute Gasteiger partial charge is 0.256 e. The summed E-state index contributed by atoms with van der Waals surface area (Å²) >= 11 is 11.9. The number of aromatic amines is 1. The van der Waals surface area contributed by atoms with E-state index in [0.717, 1.165) is 0 Å². The second kappa shape index (κ2) is 4.73. The van der Waals surface area contributed by atoms with Crippen molar-refractivity contribution in [2.45, 2.75) is 0 Å². The van der Waals surface area contributed by atoms with Crippen LogP contribution in [0.2, 0.25) is 10.0 Å². The molecule has 0 unspecified atom stereocenters. The van der Waals surface area contributed by atoms with Gasteiger partial charge in [-0.2, -0.15) is 0 Å². The maximum atomic E-state index is 11.7. The molecule has 0 amide bonds. The molecular formula is C12H7Cl2NO2. The summed E-state index contributed by atoms with van der Waals surface area (Å²) in [5.74, 6) is 0. The molecule has 0 atom stereocenters. The normalized spacial score (nSPS) is 10.2. The minimum absolute atomic E-state index is 0.231. The summed E-state index contributed by atoms with van der Waals surface area (Å²) in [5, 5.41) is 0.596. The van der Waals surface area contributed by atoms with Crippen molar-refractivity contribution >= 4 is 29.5 Å². The third-order valence-corrected chi connectivity index (χ3v) is 3.16. The van der Waals surface area contributed by atoms with Gasteiger partial charge < -0.3 is 4.98 Å². The number of pyridine rings is 1. The quantitative estimate of drug-likeness (QED) is 0.850. The van der Waals surface area contributed by atoms with Crippen LogP contribution in [-0.2, 0) is 0 Å². The number of hydrogen-bond donors (Lipinski definition) is 1. The molecule has 0 radical (unpaired) electrons. The number of carbonyl (C=O) groups is 1. The molecule has 0 saturated heterocycles. The molecule has 86 valence electrons. The average Bonchev–Trinajstić information content (AvgIpc) is 2.33. The molecule has 0 saturated carbocycles. The Bertz CT molecular complexity index is 635. The van der Waals surface area contributed by atoms with Gasteiger partial charge in [-0.05, 0) is 12.1 Å². The van der Waals surface area contributed by atoms with Crippen molar-refractivity contribution < 1.29 is 4.79 Å². The van der Waals surface area contributed by atoms with Crippen LogP contribution in [-0.4, -0.2) is 11.3 Å². The molecule has 1 aromatic heterocycles. The van der Waals surface area contributed by atoms with Crippen LogP contribution in [0.15, 0.2) is 35.3 Å². The SMILES string of the molecule is O=Cc1cc[nH]c(=O)c1-c1cccc(Cl)c1Cl. The third kappa shape index (κ3) is 2.12. The standard InChI is InChI=1S/C12H7Cl2NO2/c13-9-3-1-2-8(11(9)14)10-7(6-16)4-5-15-12(10)17/h1-6H,(H,15,17). The van der Waals surface area contributed by atoms with Gasteiger partial charge in [0.15, 0.2) is 6.29 Å². The zero-order valence-electron chi connectivity index (χ0n) is 8.54.